The zero-order chi connectivity index (χ0) is 15.0. The Labute approximate surface area is 125 Å². The number of aromatic hydroxyl groups is 1. The number of rotatable bonds is 2. The summed E-state index contributed by atoms with van der Waals surface area (Å²) in [7, 11) is 0. The van der Waals surface area contributed by atoms with Gasteiger partial charge >= 0.3 is 0 Å². The highest BCUT2D eigenvalue weighted by Gasteiger charge is 2.30. The van der Waals surface area contributed by atoms with Crippen molar-refractivity contribution >= 4 is 0 Å². The Morgan fingerprint density at radius 3 is 2.62 bits per heavy atom. The molecule has 0 atom stereocenters. The first kappa shape index (κ1) is 14.1. The van der Waals surface area contributed by atoms with E-state index < -0.39 is 0 Å². The number of phenolic OH excluding ortho intramolecular Hbond substituents is 1. The zero-order valence-corrected chi connectivity index (χ0v) is 12.9. The summed E-state index contributed by atoms with van der Waals surface area (Å²) in [6, 6.07) is 5.47. The maximum absolute atomic E-state index is 10.0. The molecular weight excluding hydrogens is 264 g/mol. The van der Waals surface area contributed by atoms with Crippen molar-refractivity contribution in [2.75, 3.05) is 0 Å². The Bertz CT molecular complexity index is 636. The van der Waals surface area contributed by atoms with Gasteiger partial charge in [-0.05, 0) is 55.7 Å². The minimum Gasteiger partial charge on any atom is -0.507 e. The van der Waals surface area contributed by atoms with Crippen LogP contribution in [0.15, 0.2) is 22.7 Å². The first-order chi connectivity index (χ1) is 9.94. The van der Waals surface area contributed by atoms with Gasteiger partial charge in [0.15, 0.2) is 5.82 Å². The van der Waals surface area contributed by atoms with Crippen molar-refractivity contribution in [1.82, 2.24) is 10.1 Å². The third kappa shape index (κ3) is 2.94. The van der Waals surface area contributed by atoms with Gasteiger partial charge in [-0.25, -0.2) is 0 Å². The maximum atomic E-state index is 10.0. The van der Waals surface area contributed by atoms with Crippen molar-refractivity contribution in [3.63, 3.8) is 0 Å². The smallest absolute Gasteiger partial charge is 0.261 e. The molecule has 112 valence electrons. The molecule has 3 rings (SSSR count). The van der Waals surface area contributed by atoms with E-state index >= 15 is 0 Å². The molecule has 1 fully saturated rings. The molecule has 1 aromatic heterocycles. The van der Waals surface area contributed by atoms with Gasteiger partial charge in [-0.3, -0.25) is 0 Å². The zero-order valence-electron chi connectivity index (χ0n) is 12.9. The Morgan fingerprint density at radius 1 is 1.24 bits per heavy atom. The molecule has 0 saturated heterocycles. The van der Waals surface area contributed by atoms with Crippen molar-refractivity contribution in [2.45, 2.75) is 52.4 Å². The van der Waals surface area contributed by atoms with E-state index in [1.165, 1.54) is 12.8 Å². The minimum atomic E-state index is 0.190. The SMILES string of the molecule is Cc1ccc(-c2nc(C3CCC(C)(C)CC3)no2)c(O)c1. The predicted molar refractivity (Wildman–Crippen MR) is 81.1 cm³/mol. The lowest BCUT2D eigenvalue weighted by Gasteiger charge is -2.32. The minimum absolute atomic E-state index is 0.190. The van der Waals surface area contributed by atoms with Gasteiger partial charge in [0.2, 0.25) is 0 Å². The molecule has 1 aliphatic carbocycles. The van der Waals surface area contributed by atoms with Crippen molar-refractivity contribution < 1.29 is 9.63 Å². The molecule has 0 radical (unpaired) electrons. The van der Waals surface area contributed by atoms with Gasteiger partial charge < -0.3 is 9.63 Å². The fourth-order valence-electron chi connectivity index (χ4n) is 2.99. The fourth-order valence-corrected chi connectivity index (χ4v) is 2.99. The van der Waals surface area contributed by atoms with Gasteiger partial charge in [0.1, 0.15) is 5.75 Å². The van der Waals surface area contributed by atoms with Crippen LogP contribution in [-0.2, 0) is 0 Å². The average Bonchev–Trinajstić information content (AvgIpc) is 2.88. The van der Waals surface area contributed by atoms with E-state index in [-0.39, 0.29) is 5.75 Å². The summed E-state index contributed by atoms with van der Waals surface area (Å²) < 4.78 is 5.36. The van der Waals surface area contributed by atoms with Crippen LogP contribution in [0.5, 0.6) is 5.75 Å². The van der Waals surface area contributed by atoms with E-state index in [0.29, 0.717) is 22.8 Å². The first-order valence-electron chi connectivity index (χ1n) is 7.58. The van der Waals surface area contributed by atoms with Gasteiger partial charge in [-0.15, -0.1) is 0 Å². The van der Waals surface area contributed by atoms with E-state index in [1.54, 1.807) is 6.07 Å². The summed E-state index contributed by atoms with van der Waals surface area (Å²) in [6.45, 7) is 6.57. The molecule has 1 N–H and O–H groups in total. The number of aryl methyl sites for hydroxylation is 1. The molecule has 0 bridgehead atoms. The maximum Gasteiger partial charge on any atom is 0.261 e. The molecule has 2 aromatic rings. The van der Waals surface area contributed by atoms with E-state index in [2.05, 4.69) is 24.0 Å². The molecule has 1 saturated carbocycles. The summed E-state index contributed by atoms with van der Waals surface area (Å²) in [5, 5.41) is 14.1. The summed E-state index contributed by atoms with van der Waals surface area (Å²) in [6.07, 6.45) is 4.59. The van der Waals surface area contributed by atoms with Gasteiger partial charge in [-0.2, -0.15) is 4.98 Å². The van der Waals surface area contributed by atoms with Gasteiger partial charge in [0.25, 0.3) is 5.89 Å². The van der Waals surface area contributed by atoms with Crippen LogP contribution >= 0.6 is 0 Å². The molecule has 0 aliphatic heterocycles. The lowest BCUT2D eigenvalue weighted by Crippen LogP contribution is -2.20. The number of aromatic nitrogens is 2. The lowest BCUT2D eigenvalue weighted by atomic mass is 9.73. The molecule has 0 amide bonds. The number of phenols is 1. The molecule has 1 aromatic carbocycles. The summed E-state index contributed by atoms with van der Waals surface area (Å²) >= 11 is 0. The molecular formula is C17H22N2O2. The van der Waals surface area contributed by atoms with E-state index in [1.807, 2.05) is 19.1 Å². The molecule has 4 nitrogen and oxygen atoms in total. The van der Waals surface area contributed by atoms with Crippen molar-refractivity contribution in [3.8, 4) is 17.2 Å². The lowest BCUT2D eigenvalue weighted by molar-refractivity contribution is 0.218. The molecule has 0 unspecified atom stereocenters. The number of benzene rings is 1. The Hall–Kier alpha value is -1.84. The second-order valence-electron chi connectivity index (χ2n) is 6.92. The normalized spacial score (nSPS) is 18.8. The van der Waals surface area contributed by atoms with Crippen molar-refractivity contribution in [1.29, 1.82) is 0 Å². The third-order valence-corrected chi connectivity index (χ3v) is 4.53. The number of nitrogens with zero attached hydrogens (tertiary/aromatic N) is 2. The van der Waals surface area contributed by atoms with Crippen molar-refractivity contribution in [3.05, 3.63) is 29.6 Å². The summed E-state index contributed by atoms with van der Waals surface area (Å²) in [5.41, 5.74) is 2.04. The Balaban J connectivity index is 1.81. The van der Waals surface area contributed by atoms with Crippen LogP contribution < -0.4 is 0 Å². The Kier molecular flexibility index (Phi) is 3.47. The van der Waals surface area contributed by atoms with Gasteiger partial charge in [-0.1, -0.05) is 25.1 Å². The molecule has 1 aliphatic rings. The van der Waals surface area contributed by atoms with Crippen LogP contribution in [0.4, 0.5) is 0 Å². The highest BCUT2D eigenvalue weighted by Crippen LogP contribution is 2.42. The quantitative estimate of drug-likeness (QED) is 0.887. The average molecular weight is 286 g/mol. The second-order valence-corrected chi connectivity index (χ2v) is 6.92. The molecule has 4 heteroatoms. The van der Waals surface area contributed by atoms with Crippen LogP contribution in [0.1, 0.15) is 56.8 Å². The van der Waals surface area contributed by atoms with Gasteiger partial charge in [0, 0.05) is 5.92 Å². The summed E-state index contributed by atoms with van der Waals surface area (Å²) in [5.74, 6) is 1.76. The van der Waals surface area contributed by atoms with Crippen LogP contribution in [-0.4, -0.2) is 15.2 Å². The largest absolute Gasteiger partial charge is 0.507 e. The third-order valence-electron chi connectivity index (χ3n) is 4.53. The standard InChI is InChI=1S/C17H22N2O2/c1-11-4-5-13(14(20)10-11)16-18-15(19-21-16)12-6-8-17(2,3)9-7-12/h4-5,10,12,20H,6-9H2,1-3H3. The first-order valence-corrected chi connectivity index (χ1v) is 7.58. The summed E-state index contributed by atoms with van der Waals surface area (Å²) in [4.78, 5) is 4.50. The molecule has 0 spiro atoms. The highest BCUT2D eigenvalue weighted by molar-refractivity contribution is 5.62. The molecule has 21 heavy (non-hydrogen) atoms. The second kappa shape index (κ2) is 5.17. The number of hydrogen-bond acceptors (Lipinski definition) is 4. The van der Waals surface area contributed by atoms with E-state index in [0.717, 1.165) is 24.2 Å². The van der Waals surface area contributed by atoms with Crippen LogP contribution in [0, 0.1) is 12.3 Å². The molecule has 1 heterocycles. The van der Waals surface area contributed by atoms with Crippen LogP contribution in [0.25, 0.3) is 11.5 Å². The fraction of sp³-hybridized carbons (Fsp3) is 0.529. The van der Waals surface area contributed by atoms with E-state index in [4.69, 9.17) is 4.52 Å². The van der Waals surface area contributed by atoms with E-state index in [9.17, 15) is 5.11 Å². The van der Waals surface area contributed by atoms with Crippen molar-refractivity contribution in [2.24, 2.45) is 5.41 Å². The predicted octanol–water partition coefficient (Wildman–Crippen LogP) is 4.43. The van der Waals surface area contributed by atoms with Crippen LogP contribution in [0.3, 0.4) is 0 Å². The topological polar surface area (TPSA) is 59.2 Å². The Morgan fingerprint density at radius 2 is 1.95 bits per heavy atom. The number of hydrogen-bond donors (Lipinski definition) is 1. The highest BCUT2D eigenvalue weighted by atomic mass is 16.5. The van der Waals surface area contributed by atoms with Crippen LogP contribution in [0.2, 0.25) is 0 Å². The monoisotopic (exact) mass is 286 g/mol. The van der Waals surface area contributed by atoms with Gasteiger partial charge in [0.05, 0.1) is 5.56 Å².